The summed E-state index contributed by atoms with van der Waals surface area (Å²) in [5, 5.41) is 2.97. The third-order valence-corrected chi connectivity index (χ3v) is 6.80. The molecule has 0 spiro atoms. The summed E-state index contributed by atoms with van der Waals surface area (Å²) in [5.41, 5.74) is 5.31. The Morgan fingerprint density at radius 1 is 0.938 bits per heavy atom. The number of benzene rings is 3. The number of sulfonamides is 1. The molecule has 3 aromatic rings. The monoisotopic (exact) mass is 450 g/mol. The van der Waals surface area contributed by atoms with Crippen molar-refractivity contribution in [1.29, 1.82) is 0 Å². The van der Waals surface area contributed by atoms with Gasteiger partial charge in [0.05, 0.1) is 18.5 Å². The smallest absolute Gasteiger partial charge is 0.251 e. The zero-order valence-electron chi connectivity index (χ0n) is 19.0. The second-order valence-electron chi connectivity index (χ2n) is 8.26. The zero-order chi connectivity index (χ0) is 23.3. The van der Waals surface area contributed by atoms with E-state index in [1.165, 1.54) is 16.1 Å². The second kappa shape index (κ2) is 10.0. The van der Waals surface area contributed by atoms with E-state index >= 15 is 0 Å². The molecule has 168 valence electrons. The summed E-state index contributed by atoms with van der Waals surface area (Å²) in [4.78, 5) is 12.5. The largest absolute Gasteiger partial charge is 0.351 e. The van der Waals surface area contributed by atoms with E-state index in [9.17, 15) is 13.2 Å². The standard InChI is InChI=1S/C26H30N2O3S/c1-19-10-15-25(16-20(19)2)28(32(4,30)31)18-22-11-13-24(14-12-22)26(29)27-17-21(3)23-8-6-5-7-9-23/h5-16,21H,17-18H2,1-4H3,(H,27,29)/t21-/m1/s1. The average molecular weight is 451 g/mol. The molecule has 32 heavy (non-hydrogen) atoms. The van der Waals surface area contributed by atoms with Crippen LogP contribution in [-0.4, -0.2) is 27.1 Å². The maximum Gasteiger partial charge on any atom is 0.251 e. The first-order valence-electron chi connectivity index (χ1n) is 10.6. The summed E-state index contributed by atoms with van der Waals surface area (Å²) in [6.07, 6.45) is 1.21. The zero-order valence-corrected chi connectivity index (χ0v) is 19.8. The van der Waals surface area contributed by atoms with Crippen molar-refractivity contribution in [3.05, 3.63) is 101 Å². The summed E-state index contributed by atoms with van der Waals surface area (Å²) in [5.74, 6) is 0.0640. The lowest BCUT2D eigenvalue weighted by Crippen LogP contribution is -2.29. The molecule has 6 heteroatoms. The van der Waals surface area contributed by atoms with Gasteiger partial charge < -0.3 is 5.32 Å². The summed E-state index contributed by atoms with van der Waals surface area (Å²) in [7, 11) is -3.46. The van der Waals surface area contributed by atoms with Gasteiger partial charge in [-0.25, -0.2) is 8.42 Å². The molecule has 3 rings (SSSR count). The van der Waals surface area contributed by atoms with Crippen molar-refractivity contribution in [3.8, 4) is 0 Å². The molecule has 0 aromatic heterocycles. The number of nitrogens with one attached hydrogen (secondary N) is 1. The lowest BCUT2D eigenvalue weighted by Gasteiger charge is -2.23. The minimum atomic E-state index is -3.46. The van der Waals surface area contributed by atoms with E-state index in [2.05, 4.69) is 24.4 Å². The number of rotatable bonds is 8. The molecule has 0 aliphatic heterocycles. The van der Waals surface area contributed by atoms with Crippen LogP contribution < -0.4 is 9.62 Å². The summed E-state index contributed by atoms with van der Waals surface area (Å²) in [6, 6.07) is 22.7. The number of nitrogens with zero attached hydrogens (tertiary/aromatic N) is 1. The topological polar surface area (TPSA) is 66.5 Å². The van der Waals surface area contributed by atoms with E-state index in [-0.39, 0.29) is 18.4 Å². The van der Waals surface area contributed by atoms with Crippen LogP contribution in [0.2, 0.25) is 0 Å². The van der Waals surface area contributed by atoms with Crippen LogP contribution in [0.25, 0.3) is 0 Å². The molecule has 0 saturated carbocycles. The van der Waals surface area contributed by atoms with Crippen molar-refractivity contribution >= 4 is 21.6 Å². The highest BCUT2D eigenvalue weighted by molar-refractivity contribution is 7.92. The predicted molar refractivity (Wildman–Crippen MR) is 131 cm³/mol. The number of anilines is 1. The van der Waals surface area contributed by atoms with Crippen LogP contribution in [0.15, 0.2) is 72.8 Å². The molecule has 1 atom stereocenters. The lowest BCUT2D eigenvalue weighted by molar-refractivity contribution is 0.0951. The lowest BCUT2D eigenvalue weighted by atomic mass is 10.0. The maximum atomic E-state index is 12.5. The molecular weight excluding hydrogens is 420 g/mol. The van der Waals surface area contributed by atoms with Gasteiger partial charge in [0.15, 0.2) is 0 Å². The minimum Gasteiger partial charge on any atom is -0.351 e. The third kappa shape index (κ3) is 5.98. The maximum absolute atomic E-state index is 12.5. The summed E-state index contributed by atoms with van der Waals surface area (Å²) >= 11 is 0. The normalized spacial score (nSPS) is 12.2. The Labute approximate surface area is 191 Å². The van der Waals surface area contributed by atoms with Crippen molar-refractivity contribution in [3.63, 3.8) is 0 Å². The Morgan fingerprint density at radius 2 is 1.59 bits per heavy atom. The van der Waals surface area contributed by atoms with Gasteiger partial charge in [-0.3, -0.25) is 9.10 Å². The molecule has 0 fully saturated rings. The molecule has 0 heterocycles. The minimum absolute atomic E-state index is 0.145. The first kappa shape index (κ1) is 23.5. The molecular formula is C26H30N2O3S. The molecule has 0 aliphatic rings. The number of carbonyl (C=O) groups excluding carboxylic acids is 1. The van der Waals surface area contributed by atoms with Crippen molar-refractivity contribution in [2.45, 2.75) is 33.2 Å². The van der Waals surface area contributed by atoms with Gasteiger partial charge in [0.2, 0.25) is 10.0 Å². The van der Waals surface area contributed by atoms with Crippen LogP contribution in [-0.2, 0) is 16.6 Å². The quantitative estimate of drug-likeness (QED) is 0.536. The van der Waals surface area contributed by atoms with Gasteiger partial charge >= 0.3 is 0 Å². The van der Waals surface area contributed by atoms with E-state index in [1.54, 1.807) is 24.3 Å². The first-order chi connectivity index (χ1) is 15.1. The fourth-order valence-electron chi connectivity index (χ4n) is 3.46. The predicted octanol–water partition coefficient (Wildman–Crippen LogP) is 4.80. The number of carbonyl (C=O) groups is 1. The van der Waals surface area contributed by atoms with Crippen LogP contribution >= 0.6 is 0 Å². The molecule has 5 nitrogen and oxygen atoms in total. The number of aryl methyl sites for hydroxylation is 2. The van der Waals surface area contributed by atoms with Crippen molar-refractivity contribution in [2.24, 2.45) is 0 Å². The van der Waals surface area contributed by atoms with Gasteiger partial charge in [-0.1, -0.05) is 55.5 Å². The van der Waals surface area contributed by atoms with Gasteiger partial charge in [-0.15, -0.1) is 0 Å². The number of hydrogen-bond donors (Lipinski definition) is 1. The molecule has 1 N–H and O–H groups in total. The van der Waals surface area contributed by atoms with Gasteiger partial charge in [-0.05, 0) is 66.3 Å². The Bertz CT molecular complexity index is 1170. The summed E-state index contributed by atoms with van der Waals surface area (Å²) < 4.78 is 26.3. The fraction of sp³-hybridized carbons (Fsp3) is 0.269. The Balaban J connectivity index is 1.68. The molecule has 1 amide bonds. The van der Waals surface area contributed by atoms with Crippen LogP contribution in [0, 0.1) is 13.8 Å². The van der Waals surface area contributed by atoms with Crippen molar-refractivity contribution in [1.82, 2.24) is 5.32 Å². The highest BCUT2D eigenvalue weighted by atomic mass is 32.2. The average Bonchev–Trinajstić information content (AvgIpc) is 2.78. The SMILES string of the molecule is Cc1ccc(N(Cc2ccc(C(=O)NC[C@@H](C)c3ccccc3)cc2)S(C)(=O)=O)cc1C. The van der Waals surface area contributed by atoms with Crippen LogP contribution in [0.5, 0.6) is 0 Å². The number of hydrogen-bond acceptors (Lipinski definition) is 3. The highest BCUT2D eigenvalue weighted by Crippen LogP contribution is 2.23. The van der Waals surface area contributed by atoms with E-state index in [4.69, 9.17) is 0 Å². The second-order valence-corrected chi connectivity index (χ2v) is 10.2. The van der Waals surface area contributed by atoms with Crippen molar-refractivity contribution < 1.29 is 13.2 Å². The van der Waals surface area contributed by atoms with E-state index in [1.807, 2.05) is 50.2 Å². The third-order valence-electron chi connectivity index (χ3n) is 5.66. The highest BCUT2D eigenvalue weighted by Gasteiger charge is 2.19. The Hall–Kier alpha value is -3.12. The Morgan fingerprint density at radius 3 is 2.19 bits per heavy atom. The van der Waals surface area contributed by atoms with Gasteiger partial charge in [0.25, 0.3) is 5.91 Å². The van der Waals surface area contributed by atoms with Gasteiger partial charge in [0, 0.05) is 12.1 Å². The van der Waals surface area contributed by atoms with Crippen LogP contribution in [0.1, 0.15) is 45.5 Å². The summed E-state index contributed by atoms with van der Waals surface area (Å²) in [6.45, 7) is 6.78. The van der Waals surface area contributed by atoms with Crippen molar-refractivity contribution in [2.75, 3.05) is 17.1 Å². The fourth-order valence-corrected chi connectivity index (χ4v) is 4.34. The van der Waals surface area contributed by atoms with Crippen LogP contribution in [0.4, 0.5) is 5.69 Å². The molecule has 0 aliphatic carbocycles. The molecule has 0 bridgehead atoms. The van der Waals surface area contributed by atoms with E-state index in [0.29, 0.717) is 17.8 Å². The molecule has 0 saturated heterocycles. The van der Waals surface area contributed by atoms with Crippen LogP contribution in [0.3, 0.4) is 0 Å². The van der Waals surface area contributed by atoms with E-state index in [0.717, 1.165) is 16.7 Å². The first-order valence-corrected chi connectivity index (χ1v) is 12.5. The molecule has 0 unspecified atom stereocenters. The number of amides is 1. The molecule has 0 radical (unpaired) electrons. The van der Waals surface area contributed by atoms with Gasteiger partial charge in [-0.2, -0.15) is 0 Å². The Kier molecular flexibility index (Phi) is 7.36. The van der Waals surface area contributed by atoms with E-state index < -0.39 is 10.0 Å². The molecule has 3 aromatic carbocycles. The van der Waals surface area contributed by atoms with Gasteiger partial charge in [0.1, 0.15) is 0 Å².